The molecular weight excluding hydrogens is 352 g/mol. The SMILES string of the molecule is COc1ccc(-c2cc(-c3cc(-c4ccc(OC)cc4)ncn3)ncn2)cc1. The highest BCUT2D eigenvalue weighted by Crippen LogP contribution is 2.26. The van der Waals surface area contributed by atoms with Crippen LogP contribution in [0, 0.1) is 0 Å². The smallest absolute Gasteiger partial charge is 0.118 e. The summed E-state index contributed by atoms with van der Waals surface area (Å²) in [5, 5.41) is 0. The first-order chi connectivity index (χ1) is 13.8. The van der Waals surface area contributed by atoms with Crippen LogP contribution in [0.5, 0.6) is 11.5 Å². The summed E-state index contributed by atoms with van der Waals surface area (Å²) < 4.78 is 10.4. The highest BCUT2D eigenvalue weighted by atomic mass is 16.5. The molecule has 28 heavy (non-hydrogen) atoms. The van der Waals surface area contributed by atoms with Crippen molar-refractivity contribution < 1.29 is 9.47 Å². The Morgan fingerprint density at radius 3 is 1.21 bits per heavy atom. The molecule has 4 rings (SSSR count). The third-order valence-corrected chi connectivity index (χ3v) is 4.37. The van der Waals surface area contributed by atoms with E-state index in [1.54, 1.807) is 26.9 Å². The number of benzene rings is 2. The minimum absolute atomic E-state index is 0.734. The third kappa shape index (κ3) is 3.66. The lowest BCUT2D eigenvalue weighted by molar-refractivity contribution is 0.415. The molecule has 0 unspecified atom stereocenters. The quantitative estimate of drug-likeness (QED) is 0.522. The topological polar surface area (TPSA) is 70.0 Å². The third-order valence-electron chi connectivity index (χ3n) is 4.37. The van der Waals surface area contributed by atoms with Gasteiger partial charge in [0.05, 0.1) is 37.0 Å². The molecule has 0 radical (unpaired) electrons. The highest BCUT2D eigenvalue weighted by Gasteiger charge is 2.08. The minimum Gasteiger partial charge on any atom is -0.497 e. The lowest BCUT2D eigenvalue weighted by Crippen LogP contribution is -1.94. The summed E-state index contributed by atoms with van der Waals surface area (Å²) in [6.45, 7) is 0. The van der Waals surface area contributed by atoms with E-state index in [0.29, 0.717) is 0 Å². The second kappa shape index (κ2) is 7.84. The molecule has 0 aliphatic heterocycles. The Kier molecular flexibility index (Phi) is 4.93. The van der Waals surface area contributed by atoms with Crippen LogP contribution in [0.4, 0.5) is 0 Å². The van der Waals surface area contributed by atoms with Gasteiger partial charge in [-0.2, -0.15) is 0 Å². The van der Waals surface area contributed by atoms with Crippen molar-refractivity contribution in [3.63, 3.8) is 0 Å². The first-order valence-electron chi connectivity index (χ1n) is 8.70. The summed E-state index contributed by atoms with van der Waals surface area (Å²) in [6.07, 6.45) is 3.09. The van der Waals surface area contributed by atoms with Gasteiger partial charge < -0.3 is 9.47 Å². The maximum absolute atomic E-state index is 5.21. The van der Waals surface area contributed by atoms with Crippen LogP contribution in [-0.4, -0.2) is 34.2 Å². The van der Waals surface area contributed by atoms with Gasteiger partial charge in [0.1, 0.15) is 24.2 Å². The van der Waals surface area contributed by atoms with Crippen LogP contribution in [0.15, 0.2) is 73.3 Å². The average molecular weight is 370 g/mol. The van der Waals surface area contributed by atoms with Crippen molar-refractivity contribution in [2.75, 3.05) is 14.2 Å². The number of rotatable bonds is 5. The van der Waals surface area contributed by atoms with E-state index in [4.69, 9.17) is 9.47 Å². The Labute approximate surface area is 162 Å². The lowest BCUT2D eigenvalue weighted by Gasteiger charge is -2.07. The largest absolute Gasteiger partial charge is 0.497 e. The normalized spacial score (nSPS) is 10.5. The van der Waals surface area contributed by atoms with Gasteiger partial charge in [-0.3, -0.25) is 0 Å². The van der Waals surface area contributed by atoms with Gasteiger partial charge in [0, 0.05) is 11.1 Å². The molecule has 0 aliphatic rings. The number of ether oxygens (including phenoxy) is 2. The molecule has 0 amide bonds. The molecule has 2 aromatic carbocycles. The van der Waals surface area contributed by atoms with E-state index >= 15 is 0 Å². The molecule has 0 bridgehead atoms. The zero-order chi connectivity index (χ0) is 19.3. The van der Waals surface area contributed by atoms with Crippen LogP contribution in [-0.2, 0) is 0 Å². The number of nitrogens with zero attached hydrogens (tertiary/aromatic N) is 4. The van der Waals surface area contributed by atoms with Crippen molar-refractivity contribution in [2.45, 2.75) is 0 Å². The lowest BCUT2D eigenvalue weighted by atomic mass is 10.1. The molecule has 4 aromatic rings. The molecule has 0 saturated carbocycles. The molecule has 0 N–H and O–H groups in total. The monoisotopic (exact) mass is 370 g/mol. The summed E-state index contributed by atoms with van der Waals surface area (Å²) in [4.78, 5) is 17.5. The minimum atomic E-state index is 0.734. The van der Waals surface area contributed by atoms with E-state index in [1.165, 1.54) is 0 Å². The fourth-order valence-corrected chi connectivity index (χ4v) is 2.83. The Morgan fingerprint density at radius 1 is 0.500 bits per heavy atom. The summed E-state index contributed by atoms with van der Waals surface area (Å²) in [5.41, 5.74) is 5.06. The molecule has 0 fully saturated rings. The fourth-order valence-electron chi connectivity index (χ4n) is 2.83. The van der Waals surface area contributed by atoms with Crippen LogP contribution in [0.25, 0.3) is 33.9 Å². The zero-order valence-corrected chi connectivity index (χ0v) is 15.5. The first kappa shape index (κ1) is 17.6. The molecular formula is C22H18N4O2. The molecule has 2 aromatic heterocycles. The Bertz CT molecular complexity index is 991. The average Bonchev–Trinajstić information content (AvgIpc) is 2.79. The standard InChI is InChI=1S/C22H18N4O2/c1-27-17-7-3-15(4-8-17)19-11-21(25-13-23-19)22-12-20(24-14-26-22)16-5-9-18(28-2)10-6-16/h3-14H,1-2H3. The van der Waals surface area contributed by atoms with Crippen LogP contribution >= 0.6 is 0 Å². The summed E-state index contributed by atoms with van der Waals surface area (Å²) in [7, 11) is 3.29. The van der Waals surface area contributed by atoms with Gasteiger partial charge in [0.25, 0.3) is 0 Å². The molecule has 0 aliphatic carbocycles. The number of methoxy groups -OCH3 is 2. The Hall–Kier alpha value is -3.80. The second-order valence-electron chi connectivity index (χ2n) is 6.03. The van der Waals surface area contributed by atoms with E-state index in [9.17, 15) is 0 Å². The van der Waals surface area contributed by atoms with Gasteiger partial charge in [0.15, 0.2) is 0 Å². The van der Waals surface area contributed by atoms with Gasteiger partial charge in [-0.15, -0.1) is 0 Å². The van der Waals surface area contributed by atoms with Crippen LogP contribution in [0.1, 0.15) is 0 Å². The fraction of sp³-hybridized carbons (Fsp3) is 0.0909. The summed E-state index contributed by atoms with van der Waals surface area (Å²) in [6, 6.07) is 19.3. The molecule has 138 valence electrons. The second-order valence-corrected chi connectivity index (χ2v) is 6.03. The van der Waals surface area contributed by atoms with E-state index in [2.05, 4.69) is 19.9 Å². The van der Waals surface area contributed by atoms with Gasteiger partial charge in [-0.05, 0) is 60.7 Å². The molecule has 0 saturated heterocycles. The van der Waals surface area contributed by atoms with E-state index in [0.717, 1.165) is 45.4 Å². The van der Waals surface area contributed by atoms with Crippen molar-refractivity contribution in [1.82, 2.24) is 19.9 Å². The number of hydrogen-bond acceptors (Lipinski definition) is 6. The molecule has 6 nitrogen and oxygen atoms in total. The summed E-state index contributed by atoms with van der Waals surface area (Å²) >= 11 is 0. The van der Waals surface area contributed by atoms with Crippen molar-refractivity contribution >= 4 is 0 Å². The van der Waals surface area contributed by atoms with Crippen LogP contribution in [0.2, 0.25) is 0 Å². The molecule has 2 heterocycles. The van der Waals surface area contributed by atoms with E-state index in [1.807, 2.05) is 60.7 Å². The molecule has 6 heteroatoms. The predicted octanol–water partition coefficient (Wildman–Crippen LogP) is 4.28. The predicted molar refractivity (Wildman–Crippen MR) is 107 cm³/mol. The molecule has 0 spiro atoms. The van der Waals surface area contributed by atoms with Gasteiger partial charge >= 0.3 is 0 Å². The van der Waals surface area contributed by atoms with Gasteiger partial charge in [0.2, 0.25) is 0 Å². The van der Waals surface area contributed by atoms with Gasteiger partial charge in [-0.25, -0.2) is 19.9 Å². The van der Waals surface area contributed by atoms with E-state index in [-0.39, 0.29) is 0 Å². The van der Waals surface area contributed by atoms with Crippen LogP contribution in [0.3, 0.4) is 0 Å². The zero-order valence-electron chi connectivity index (χ0n) is 15.5. The Balaban J connectivity index is 1.67. The van der Waals surface area contributed by atoms with Crippen molar-refractivity contribution in [1.29, 1.82) is 0 Å². The Morgan fingerprint density at radius 2 is 0.857 bits per heavy atom. The van der Waals surface area contributed by atoms with Crippen LogP contribution < -0.4 is 9.47 Å². The first-order valence-corrected chi connectivity index (χ1v) is 8.70. The molecule has 0 atom stereocenters. The van der Waals surface area contributed by atoms with Crippen molar-refractivity contribution in [3.05, 3.63) is 73.3 Å². The maximum Gasteiger partial charge on any atom is 0.118 e. The highest BCUT2D eigenvalue weighted by molar-refractivity contribution is 5.69. The summed E-state index contributed by atoms with van der Waals surface area (Å²) in [5.74, 6) is 1.61. The van der Waals surface area contributed by atoms with Crippen molar-refractivity contribution in [3.8, 4) is 45.4 Å². The van der Waals surface area contributed by atoms with E-state index < -0.39 is 0 Å². The number of hydrogen-bond donors (Lipinski definition) is 0. The number of aromatic nitrogens is 4. The van der Waals surface area contributed by atoms with Gasteiger partial charge in [-0.1, -0.05) is 0 Å². The van der Waals surface area contributed by atoms with Crippen molar-refractivity contribution in [2.24, 2.45) is 0 Å². The maximum atomic E-state index is 5.21.